The average molecular weight is 303 g/mol. The van der Waals surface area contributed by atoms with Gasteiger partial charge in [-0.1, -0.05) is 6.92 Å². The summed E-state index contributed by atoms with van der Waals surface area (Å²) in [5.74, 6) is 0.890. The van der Waals surface area contributed by atoms with Crippen molar-refractivity contribution < 1.29 is 9.59 Å². The minimum Gasteiger partial charge on any atom is -0.385 e. The van der Waals surface area contributed by atoms with E-state index in [4.69, 9.17) is 0 Å². The third-order valence-electron chi connectivity index (χ3n) is 4.01. The van der Waals surface area contributed by atoms with Gasteiger partial charge < -0.3 is 15.5 Å². The Labute approximate surface area is 132 Å². The molecule has 0 atom stereocenters. The molecule has 2 amide bonds. The van der Waals surface area contributed by atoms with E-state index >= 15 is 0 Å². The molecule has 1 aromatic rings. The van der Waals surface area contributed by atoms with Crippen LogP contribution in [0.15, 0.2) is 24.3 Å². The van der Waals surface area contributed by atoms with Gasteiger partial charge in [0.1, 0.15) is 0 Å². The van der Waals surface area contributed by atoms with Crippen LogP contribution in [-0.2, 0) is 9.59 Å². The molecule has 0 spiro atoms. The van der Waals surface area contributed by atoms with Gasteiger partial charge in [0, 0.05) is 44.4 Å². The van der Waals surface area contributed by atoms with Crippen molar-refractivity contribution in [3.63, 3.8) is 0 Å². The standard InChI is InChI=1S/C17H25N3O2/c1-13-8-11-20(12-9-13)17(22)7-10-18-15-3-5-16(6-4-15)19-14(2)21/h3-6,13,18H,7-12H2,1-2H3,(H,19,21). The summed E-state index contributed by atoms with van der Waals surface area (Å²) >= 11 is 0. The Morgan fingerprint density at radius 1 is 1.14 bits per heavy atom. The predicted molar refractivity (Wildman–Crippen MR) is 88.8 cm³/mol. The minimum atomic E-state index is -0.0813. The first kappa shape index (κ1) is 16.3. The molecule has 1 aliphatic rings. The molecule has 5 nitrogen and oxygen atoms in total. The summed E-state index contributed by atoms with van der Waals surface area (Å²) < 4.78 is 0. The van der Waals surface area contributed by atoms with Crippen LogP contribution in [-0.4, -0.2) is 36.3 Å². The molecule has 0 aliphatic carbocycles. The highest BCUT2D eigenvalue weighted by atomic mass is 16.2. The lowest BCUT2D eigenvalue weighted by Crippen LogP contribution is -2.38. The highest BCUT2D eigenvalue weighted by Gasteiger charge is 2.19. The molecule has 1 saturated heterocycles. The second-order valence-electron chi connectivity index (χ2n) is 6.00. The van der Waals surface area contributed by atoms with Crippen LogP contribution < -0.4 is 10.6 Å². The maximum atomic E-state index is 12.1. The monoisotopic (exact) mass is 303 g/mol. The van der Waals surface area contributed by atoms with E-state index in [0.29, 0.717) is 13.0 Å². The highest BCUT2D eigenvalue weighted by molar-refractivity contribution is 5.88. The number of likely N-dealkylation sites (tertiary alicyclic amines) is 1. The van der Waals surface area contributed by atoms with E-state index in [0.717, 1.165) is 43.2 Å². The van der Waals surface area contributed by atoms with Gasteiger partial charge in [-0.2, -0.15) is 0 Å². The van der Waals surface area contributed by atoms with E-state index in [1.54, 1.807) is 0 Å². The van der Waals surface area contributed by atoms with Gasteiger partial charge in [0.05, 0.1) is 0 Å². The van der Waals surface area contributed by atoms with Gasteiger partial charge in [-0.05, 0) is 43.0 Å². The maximum absolute atomic E-state index is 12.1. The number of carbonyl (C=O) groups is 2. The number of benzene rings is 1. The van der Waals surface area contributed by atoms with Crippen LogP contribution in [0.5, 0.6) is 0 Å². The summed E-state index contributed by atoms with van der Waals surface area (Å²) in [6.45, 7) is 6.15. The van der Waals surface area contributed by atoms with Crippen LogP contribution in [0, 0.1) is 5.92 Å². The predicted octanol–water partition coefficient (Wildman–Crippen LogP) is 2.71. The molecule has 0 saturated carbocycles. The Kier molecular flexibility index (Phi) is 5.81. The first-order chi connectivity index (χ1) is 10.5. The van der Waals surface area contributed by atoms with Crippen LogP contribution in [0.2, 0.25) is 0 Å². The number of nitrogens with zero attached hydrogens (tertiary/aromatic N) is 1. The van der Waals surface area contributed by atoms with Crippen molar-refractivity contribution in [2.45, 2.75) is 33.1 Å². The van der Waals surface area contributed by atoms with Crippen molar-refractivity contribution in [1.82, 2.24) is 4.90 Å². The average Bonchev–Trinajstić information content (AvgIpc) is 2.49. The number of piperidine rings is 1. The fourth-order valence-corrected chi connectivity index (χ4v) is 2.60. The summed E-state index contributed by atoms with van der Waals surface area (Å²) in [6.07, 6.45) is 2.75. The Morgan fingerprint density at radius 2 is 1.73 bits per heavy atom. The van der Waals surface area contributed by atoms with Gasteiger partial charge in [0.2, 0.25) is 11.8 Å². The topological polar surface area (TPSA) is 61.4 Å². The van der Waals surface area contributed by atoms with Crippen LogP contribution in [0.3, 0.4) is 0 Å². The molecule has 5 heteroatoms. The third-order valence-corrected chi connectivity index (χ3v) is 4.01. The summed E-state index contributed by atoms with van der Waals surface area (Å²) in [5, 5.41) is 5.97. The van der Waals surface area contributed by atoms with Crippen molar-refractivity contribution in [1.29, 1.82) is 0 Å². The van der Waals surface area contributed by atoms with Crippen LogP contribution >= 0.6 is 0 Å². The second-order valence-corrected chi connectivity index (χ2v) is 6.00. The first-order valence-electron chi connectivity index (χ1n) is 7.94. The normalized spacial score (nSPS) is 15.5. The number of rotatable bonds is 5. The molecule has 0 radical (unpaired) electrons. The smallest absolute Gasteiger partial charge is 0.224 e. The lowest BCUT2D eigenvalue weighted by Gasteiger charge is -2.30. The van der Waals surface area contributed by atoms with Gasteiger partial charge in [-0.25, -0.2) is 0 Å². The molecule has 1 fully saturated rings. The van der Waals surface area contributed by atoms with Crippen molar-refractivity contribution in [3.05, 3.63) is 24.3 Å². The number of hydrogen-bond acceptors (Lipinski definition) is 3. The van der Waals surface area contributed by atoms with Crippen molar-refractivity contribution in [3.8, 4) is 0 Å². The van der Waals surface area contributed by atoms with Gasteiger partial charge in [-0.15, -0.1) is 0 Å². The molecule has 0 aromatic heterocycles. The molecule has 120 valence electrons. The number of carbonyl (C=O) groups excluding carboxylic acids is 2. The first-order valence-corrected chi connectivity index (χ1v) is 7.94. The molecule has 1 heterocycles. The Balaban J connectivity index is 1.71. The molecule has 0 unspecified atom stereocenters. The summed E-state index contributed by atoms with van der Waals surface area (Å²) in [7, 11) is 0. The molecule has 1 aromatic carbocycles. The quantitative estimate of drug-likeness (QED) is 0.879. The zero-order valence-corrected chi connectivity index (χ0v) is 13.4. The van der Waals surface area contributed by atoms with Gasteiger partial charge >= 0.3 is 0 Å². The minimum absolute atomic E-state index is 0.0813. The van der Waals surface area contributed by atoms with Gasteiger partial charge in [-0.3, -0.25) is 9.59 Å². The molecular formula is C17H25N3O2. The highest BCUT2D eigenvalue weighted by Crippen LogP contribution is 2.17. The molecule has 22 heavy (non-hydrogen) atoms. The Hall–Kier alpha value is -2.04. The summed E-state index contributed by atoms with van der Waals surface area (Å²) in [5.41, 5.74) is 1.73. The van der Waals surface area contributed by atoms with E-state index in [-0.39, 0.29) is 11.8 Å². The lowest BCUT2D eigenvalue weighted by atomic mass is 9.99. The summed E-state index contributed by atoms with van der Waals surface area (Å²) in [6, 6.07) is 7.49. The van der Waals surface area contributed by atoms with Crippen molar-refractivity contribution >= 4 is 23.2 Å². The number of hydrogen-bond donors (Lipinski definition) is 2. The SMILES string of the molecule is CC(=O)Nc1ccc(NCCC(=O)N2CCC(C)CC2)cc1. The van der Waals surface area contributed by atoms with E-state index in [1.165, 1.54) is 6.92 Å². The number of anilines is 2. The fraction of sp³-hybridized carbons (Fsp3) is 0.529. The third kappa shape index (κ3) is 5.06. The Morgan fingerprint density at radius 3 is 2.32 bits per heavy atom. The number of amides is 2. The second kappa shape index (κ2) is 7.82. The van der Waals surface area contributed by atoms with Crippen molar-refractivity contribution in [2.24, 2.45) is 5.92 Å². The molecule has 2 N–H and O–H groups in total. The van der Waals surface area contributed by atoms with Crippen molar-refractivity contribution in [2.75, 3.05) is 30.3 Å². The largest absolute Gasteiger partial charge is 0.385 e. The number of nitrogens with one attached hydrogen (secondary N) is 2. The maximum Gasteiger partial charge on any atom is 0.224 e. The van der Waals surface area contributed by atoms with Gasteiger partial charge in [0.25, 0.3) is 0 Å². The van der Waals surface area contributed by atoms with E-state index in [9.17, 15) is 9.59 Å². The Bertz CT molecular complexity index is 505. The van der Waals surface area contributed by atoms with Crippen LogP contribution in [0.4, 0.5) is 11.4 Å². The fourth-order valence-electron chi connectivity index (χ4n) is 2.60. The zero-order valence-electron chi connectivity index (χ0n) is 13.4. The van der Waals surface area contributed by atoms with E-state index < -0.39 is 0 Å². The van der Waals surface area contributed by atoms with Crippen LogP contribution in [0.25, 0.3) is 0 Å². The molecule has 0 bridgehead atoms. The van der Waals surface area contributed by atoms with Crippen LogP contribution in [0.1, 0.15) is 33.1 Å². The van der Waals surface area contributed by atoms with E-state index in [1.807, 2.05) is 29.2 Å². The molecule has 1 aliphatic heterocycles. The van der Waals surface area contributed by atoms with E-state index in [2.05, 4.69) is 17.6 Å². The zero-order chi connectivity index (χ0) is 15.9. The van der Waals surface area contributed by atoms with Gasteiger partial charge in [0.15, 0.2) is 0 Å². The molecule has 2 rings (SSSR count). The summed E-state index contributed by atoms with van der Waals surface area (Å²) in [4.78, 5) is 25.0. The lowest BCUT2D eigenvalue weighted by molar-refractivity contribution is -0.132. The molecular weight excluding hydrogens is 278 g/mol.